The number of Topliss-reactive ketones (excluding diaryl/α,β-unsaturated/α-hetero) is 1. The maximum absolute atomic E-state index is 12.6. The summed E-state index contributed by atoms with van der Waals surface area (Å²) in [5.74, 6) is -0.568. The quantitative estimate of drug-likeness (QED) is 0.828. The lowest BCUT2D eigenvalue weighted by molar-refractivity contribution is -0.140. The second-order valence-electron chi connectivity index (χ2n) is 4.96. The Kier molecular flexibility index (Phi) is 4.04. The number of halogens is 3. The summed E-state index contributed by atoms with van der Waals surface area (Å²) in [4.78, 5) is 11.6. The summed E-state index contributed by atoms with van der Waals surface area (Å²) in [6.45, 7) is 4.70. The Morgan fingerprint density at radius 1 is 1.17 bits per heavy atom. The minimum atomic E-state index is -4.48. The number of hydrogen-bond acceptors (Lipinski definition) is 2. The van der Waals surface area contributed by atoms with E-state index in [0.717, 1.165) is 6.07 Å². The molecule has 0 radical (unpaired) electrons. The third-order valence-corrected chi connectivity index (χ3v) is 2.39. The highest BCUT2D eigenvalue weighted by Gasteiger charge is 2.34. The largest absolute Gasteiger partial charge is 0.485 e. The van der Waals surface area contributed by atoms with Crippen molar-refractivity contribution in [1.82, 2.24) is 0 Å². The second-order valence-corrected chi connectivity index (χ2v) is 4.96. The number of hydrogen-bond donors (Lipinski definition) is 0. The first-order chi connectivity index (χ1) is 8.12. The van der Waals surface area contributed by atoms with E-state index in [1.165, 1.54) is 18.2 Å². The van der Waals surface area contributed by atoms with Crippen molar-refractivity contribution in [2.24, 2.45) is 5.41 Å². The molecule has 0 amide bonds. The van der Waals surface area contributed by atoms with Gasteiger partial charge in [0.2, 0.25) is 0 Å². The van der Waals surface area contributed by atoms with Crippen LogP contribution in [0.2, 0.25) is 0 Å². The first-order valence-corrected chi connectivity index (χ1v) is 5.44. The minimum Gasteiger partial charge on any atom is -0.485 e. The number of rotatable bonds is 3. The number of ether oxygens (including phenoxy) is 1. The lowest BCUT2D eigenvalue weighted by atomic mass is 9.91. The summed E-state index contributed by atoms with van der Waals surface area (Å²) < 4.78 is 42.9. The maximum atomic E-state index is 12.6. The van der Waals surface area contributed by atoms with Gasteiger partial charge in [-0.1, -0.05) is 32.9 Å². The summed E-state index contributed by atoms with van der Waals surface area (Å²) >= 11 is 0. The normalized spacial score (nSPS) is 12.3. The van der Waals surface area contributed by atoms with Crippen LogP contribution in [0.5, 0.6) is 5.75 Å². The molecule has 0 bridgehead atoms. The second kappa shape index (κ2) is 5.00. The Balaban J connectivity index is 2.84. The lowest BCUT2D eigenvalue weighted by Gasteiger charge is -2.18. The van der Waals surface area contributed by atoms with Gasteiger partial charge in [-0.15, -0.1) is 0 Å². The third kappa shape index (κ3) is 3.75. The van der Waals surface area contributed by atoms with Crippen molar-refractivity contribution in [3.8, 4) is 5.75 Å². The molecule has 0 N–H and O–H groups in total. The average molecular weight is 260 g/mol. The van der Waals surface area contributed by atoms with Crippen molar-refractivity contribution >= 4 is 5.78 Å². The van der Waals surface area contributed by atoms with Gasteiger partial charge in [-0.05, 0) is 12.1 Å². The van der Waals surface area contributed by atoms with Crippen molar-refractivity contribution in [2.45, 2.75) is 26.9 Å². The predicted molar refractivity (Wildman–Crippen MR) is 61.4 cm³/mol. The van der Waals surface area contributed by atoms with Crippen molar-refractivity contribution in [3.63, 3.8) is 0 Å². The van der Waals surface area contributed by atoms with Crippen LogP contribution in [-0.2, 0) is 11.0 Å². The lowest BCUT2D eigenvalue weighted by Crippen LogP contribution is -2.26. The van der Waals surface area contributed by atoms with Crippen LogP contribution in [-0.4, -0.2) is 12.4 Å². The summed E-state index contributed by atoms with van der Waals surface area (Å²) in [5.41, 5.74) is -1.50. The molecule has 5 heteroatoms. The van der Waals surface area contributed by atoms with E-state index < -0.39 is 17.2 Å². The Morgan fingerprint density at radius 3 is 2.22 bits per heavy atom. The number of ketones is 1. The molecule has 0 aliphatic heterocycles. The zero-order valence-corrected chi connectivity index (χ0v) is 10.5. The highest BCUT2D eigenvalue weighted by atomic mass is 19.4. The van der Waals surface area contributed by atoms with Gasteiger partial charge in [0.25, 0.3) is 0 Å². The van der Waals surface area contributed by atoms with E-state index in [1.807, 2.05) is 0 Å². The van der Waals surface area contributed by atoms with Gasteiger partial charge in [-0.2, -0.15) is 13.2 Å². The summed E-state index contributed by atoms with van der Waals surface area (Å²) in [6.07, 6.45) is -4.48. The van der Waals surface area contributed by atoms with Gasteiger partial charge in [-0.25, -0.2) is 0 Å². The highest BCUT2D eigenvalue weighted by molar-refractivity contribution is 5.85. The molecule has 1 aromatic carbocycles. The first-order valence-electron chi connectivity index (χ1n) is 5.44. The summed E-state index contributed by atoms with van der Waals surface area (Å²) in [6, 6.07) is 4.85. The van der Waals surface area contributed by atoms with Crippen LogP contribution < -0.4 is 4.74 Å². The van der Waals surface area contributed by atoms with E-state index in [9.17, 15) is 18.0 Å². The molecule has 18 heavy (non-hydrogen) atoms. The van der Waals surface area contributed by atoms with Gasteiger partial charge in [-0.3, -0.25) is 4.79 Å². The van der Waals surface area contributed by atoms with Gasteiger partial charge in [0.1, 0.15) is 12.4 Å². The number of benzene rings is 1. The molecule has 1 rings (SSSR count). The van der Waals surface area contributed by atoms with E-state index in [4.69, 9.17) is 4.74 Å². The molecule has 0 unspecified atom stereocenters. The monoisotopic (exact) mass is 260 g/mol. The zero-order chi connectivity index (χ0) is 14.0. The number of carbonyl (C=O) groups is 1. The van der Waals surface area contributed by atoms with Gasteiger partial charge in [0.15, 0.2) is 5.78 Å². The predicted octanol–water partition coefficient (Wildman–Crippen LogP) is 3.70. The smallest absolute Gasteiger partial charge is 0.419 e. The molecule has 0 spiro atoms. The van der Waals surface area contributed by atoms with Crippen molar-refractivity contribution in [3.05, 3.63) is 29.8 Å². The van der Waals surface area contributed by atoms with Gasteiger partial charge in [0.05, 0.1) is 5.56 Å². The van der Waals surface area contributed by atoms with Crippen LogP contribution >= 0.6 is 0 Å². The van der Waals surface area contributed by atoms with Crippen molar-refractivity contribution in [1.29, 1.82) is 0 Å². The zero-order valence-electron chi connectivity index (χ0n) is 10.5. The molecule has 2 nitrogen and oxygen atoms in total. The van der Waals surface area contributed by atoms with E-state index in [0.29, 0.717) is 0 Å². The van der Waals surface area contributed by atoms with Crippen LogP contribution in [0.4, 0.5) is 13.2 Å². The molecule has 0 saturated heterocycles. The molecule has 0 aliphatic carbocycles. The average Bonchev–Trinajstić information content (AvgIpc) is 2.23. The molecule has 0 fully saturated rings. The SMILES string of the molecule is CC(C)(C)C(=O)COc1ccccc1C(F)(F)F. The van der Waals surface area contributed by atoms with Crippen molar-refractivity contribution < 1.29 is 22.7 Å². The minimum absolute atomic E-state index is 0.250. The molecular formula is C13H15F3O2. The fourth-order valence-corrected chi connectivity index (χ4v) is 1.19. The van der Waals surface area contributed by atoms with E-state index >= 15 is 0 Å². The van der Waals surface area contributed by atoms with E-state index in [2.05, 4.69) is 0 Å². The van der Waals surface area contributed by atoms with Gasteiger partial charge >= 0.3 is 6.18 Å². The van der Waals surface area contributed by atoms with Gasteiger partial charge in [0, 0.05) is 5.41 Å². The Morgan fingerprint density at radius 2 is 1.72 bits per heavy atom. The van der Waals surface area contributed by atoms with E-state index in [-0.39, 0.29) is 18.1 Å². The number of alkyl halides is 3. The fourth-order valence-electron chi connectivity index (χ4n) is 1.19. The standard InChI is InChI=1S/C13H15F3O2/c1-12(2,3)11(17)8-18-10-7-5-4-6-9(10)13(14,15)16/h4-7H,8H2,1-3H3. The number of carbonyl (C=O) groups excluding carboxylic acids is 1. The maximum Gasteiger partial charge on any atom is 0.419 e. The van der Waals surface area contributed by atoms with Gasteiger partial charge < -0.3 is 4.74 Å². The molecule has 100 valence electrons. The van der Waals surface area contributed by atoms with Crippen LogP contribution in [0, 0.1) is 5.41 Å². The summed E-state index contributed by atoms with van der Waals surface area (Å²) in [7, 11) is 0. The molecule has 0 aliphatic rings. The van der Waals surface area contributed by atoms with Crippen molar-refractivity contribution in [2.75, 3.05) is 6.61 Å². The van der Waals surface area contributed by atoms with Crippen LogP contribution in [0.25, 0.3) is 0 Å². The van der Waals surface area contributed by atoms with E-state index in [1.54, 1.807) is 20.8 Å². The summed E-state index contributed by atoms with van der Waals surface area (Å²) in [5, 5.41) is 0. The topological polar surface area (TPSA) is 26.3 Å². The molecule has 0 atom stereocenters. The molecule has 1 aromatic rings. The molecule has 0 aromatic heterocycles. The molecule has 0 saturated carbocycles. The first kappa shape index (κ1) is 14.5. The molecular weight excluding hydrogens is 245 g/mol. The number of para-hydroxylation sites is 1. The highest BCUT2D eigenvalue weighted by Crippen LogP contribution is 2.36. The Bertz CT molecular complexity index is 431. The van der Waals surface area contributed by atoms with Crippen LogP contribution in [0.3, 0.4) is 0 Å². The Labute approximate surface area is 104 Å². The fraction of sp³-hybridized carbons (Fsp3) is 0.462. The van der Waals surface area contributed by atoms with Crippen LogP contribution in [0.15, 0.2) is 24.3 Å². The Hall–Kier alpha value is -1.52. The van der Waals surface area contributed by atoms with Crippen LogP contribution in [0.1, 0.15) is 26.3 Å². The molecule has 0 heterocycles. The third-order valence-electron chi connectivity index (χ3n) is 2.39.